The number of amides is 2. The molecule has 0 bridgehead atoms. The molecule has 1 heterocycles. The molecular formula is C24H28N4O4S. The highest BCUT2D eigenvalue weighted by Crippen LogP contribution is 2.25. The zero-order valence-corrected chi connectivity index (χ0v) is 20.1. The van der Waals surface area contributed by atoms with Crippen LogP contribution in [0.1, 0.15) is 36.7 Å². The second kappa shape index (κ2) is 9.21. The van der Waals surface area contributed by atoms with Crippen molar-refractivity contribution in [3.05, 3.63) is 77.6 Å². The molecule has 0 aliphatic heterocycles. The second-order valence-corrected chi connectivity index (χ2v) is 10.8. The molecule has 9 heteroatoms. The normalized spacial score (nSPS) is 12.7. The van der Waals surface area contributed by atoms with Gasteiger partial charge in [0, 0.05) is 42.3 Å². The third kappa shape index (κ3) is 5.50. The molecule has 0 saturated carbocycles. The fourth-order valence-electron chi connectivity index (χ4n) is 3.16. The summed E-state index contributed by atoms with van der Waals surface area (Å²) >= 11 is 0. The molecule has 0 fully saturated rings. The maximum absolute atomic E-state index is 13.1. The molecule has 0 saturated heterocycles. The summed E-state index contributed by atoms with van der Waals surface area (Å²) in [7, 11) is -0.908. The molecule has 1 aromatic heterocycles. The minimum atomic E-state index is -3.80. The van der Waals surface area contributed by atoms with E-state index in [-0.39, 0.29) is 5.70 Å². The highest BCUT2D eigenvalue weighted by Gasteiger charge is 2.23. The van der Waals surface area contributed by atoms with Gasteiger partial charge in [0.1, 0.15) is 5.70 Å². The first-order valence-electron chi connectivity index (χ1n) is 10.3. The summed E-state index contributed by atoms with van der Waals surface area (Å²) < 4.78 is 28.0. The second-order valence-electron chi connectivity index (χ2n) is 8.77. The Balaban J connectivity index is 2.14. The van der Waals surface area contributed by atoms with Crippen molar-refractivity contribution in [2.45, 2.75) is 26.3 Å². The van der Waals surface area contributed by atoms with E-state index in [1.54, 1.807) is 54.6 Å². The van der Waals surface area contributed by atoms with Crippen LogP contribution in [0.3, 0.4) is 0 Å². The Kier molecular flexibility index (Phi) is 6.76. The van der Waals surface area contributed by atoms with Gasteiger partial charge in [-0.1, -0.05) is 36.4 Å². The summed E-state index contributed by atoms with van der Waals surface area (Å²) in [5.74, 6) is -0.936. The van der Waals surface area contributed by atoms with Crippen molar-refractivity contribution in [2.24, 2.45) is 0 Å². The van der Waals surface area contributed by atoms with E-state index in [9.17, 15) is 18.0 Å². The zero-order chi connectivity index (χ0) is 24.4. The van der Waals surface area contributed by atoms with Crippen LogP contribution < -0.4 is 10.6 Å². The number of aromatic nitrogens is 1. The van der Waals surface area contributed by atoms with E-state index in [1.807, 2.05) is 20.8 Å². The topological polar surface area (TPSA) is 101 Å². The van der Waals surface area contributed by atoms with Crippen molar-refractivity contribution in [3.8, 4) is 0 Å². The third-order valence-corrected chi connectivity index (χ3v) is 6.46. The number of benzene rings is 2. The Hall–Kier alpha value is -3.43. The number of nitrogens with one attached hydrogen (secondary N) is 2. The number of hydrogen-bond donors (Lipinski definition) is 2. The molecule has 8 nitrogen and oxygen atoms in total. The lowest BCUT2D eigenvalue weighted by atomic mass is 10.1. The van der Waals surface area contributed by atoms with Crippen LogP contribution in [0.5, 0.6) is 0 Å². The predicted octanol–water partition coefficient (Wildman–Crippen LogP) is 2.98. The van der Waals surface area contributed by atoms with Gasteiger partial charge in [-0.15, -0.1) is 0 Å². The average molecular weight is 469 g/mol. The van der Waals surface area contributed by atoms with E-state index in [4.69, 9.17) is 0 Å². The van der Waals surface area contributed by atoms with Crippen molar-refractivity contribution in [1.29, 1.82) is 0 Å². The molecule has 2 N–H and O–H groups in total. The lowest BCUT2D eigenvalue weighted by Crippen LogP contribution is -2.44. The molecule has 2 amide bonds. The minimum absolute atomic E-state index is 0.00364. The van der Waals surface area contributed by atoms with Crippen molar-refractivity contribution in [1.82, 2.24) is 18.9 Å². The zero-order valence-electron chi connectivity index (χ0n) is 19.3. The maximum atomic E-state index is 13.1. The highest BCUT2D eigenvalue weighted by molar-refractivity contribution is 7.87. The standard InChI is InChI=1S/C24H28N4O4S/c1-24(2,3)26-23(30)20(25-22(29)17-11-7-6-8-12-17)15-18-16-28(33(31,32)27(4)5)21-14-10-9-13-19(18)21/h6-16H,1-5H3,(H,25,29)(H,26,30). The summed E-state index contributed by atoms with van der Waals surface area (Å²) in [6.45, 7) is 5.49. The fraction of sp³-hybridized carbons (Fsp3) is 0.250. The molecule has 33 heavy (non-hydrogen) atoms. The maximum Gasteiger partial charge on any atom is 0.307 e. The molecular weight excluding hydrogens is 440 g/mol. The Morgan fingerprint density at radius 1 is 0.970 bits per heavy atom. The Morgan fingerprint density at radius 2 is 1.58 bits per heavy atom. The first-order valence-corrected chi connectivity index (χ1v) is 11.7. The van der Waals surface area contributed by atoms with Crippen LogP contribution >= 0.6 is 0 Å². The Morgan fingerprint density at radius 3 is 2.18 bits per heavy atom. The van der Waals surface area contributed by atoms with Crippen LogP contribution in [0, 0.1) is 0 Å². The third-order valence-electron chi connectivity index (χ3n) is 4.74. The lowest BCUT2D eigenvalue weighted by Gasteiger charge is -2.22. The monoisotopic (exact) mass is 468 g/mol. The van der Waals surface area contributed by atoms with Gasteiger partial charge in [0.15, 0.2) is 0 Å². The molecule has 0 spiro atoms. The number of carbonyl (C=O) groups excluding carboxylic acids is 2. The molecule has 3 aromatic rings. The van der Waals surface area contributed by atoms with Crippen LogP contribution in [0.15, 0.2) is 66.5 Å². The summed E-state index contributed by atoms with van der Waals surface area (Å²) in [4.78, 5) is 25.8. The molecule has 174 valence electrons. The summed E-state index contributed by atoms with van der Waals surface area (Å²) in [6, 6.07) is 15.5. The van der Waals surface area contributed by atoms with Gasteiger partial charge in [-0.3, -0.25) is 9.59 Å². The van der Waals surface area contributed by atoms with E-state index in [2.05, 4.69) is 10.6 Å². The van der Waals surface area contributed by atoms with Crippen LogP contribution in [0.2, 0.25) is 0 Å². The van der Waals surface area contributed by atoms with Crippen LogP contribution in [-0.4, -0.2) is 48.1 Å². The van der Waals surface area contributed by atoms with Crippen molar-refractivity contribution < 1.29 is 18.0 Å². The summed E-state index contributed by atoms with van der Waals surface area (Å²) in [6.07, 6.45) is 2.94. The van der Waals surface area contributed by atoms with Crippen LogP contribution in [0.25, 0.3) is 17.0 Å². The van der Waals surface area contributed by atoms with Crippen LogP contribution in [0.4, 0.5) is 0 Å². The van der Waals surface area contributed by atoms with E-state index in [1.165, 1.54) is 26.4 Å². The number of nitrogens with zero attached hydrogens (tertiary/aromatic N) is 2. The summed E-state index contributed by atoms with van der Waals surface area (Å²) in [5.41, 5.74) is 0.787. The van der Waals surface area contributed by atoms with Gasteiger partial charge in [0.2, 0.25) is 0 Å². The minimum Gasteiger partial charge on any atom is -0.346 e. The molecule has 2 aromatic carbocycles. The van der Waals surface area contributed by atoms with Gasteiger partial charge in [-0.2, -0.15) is 12.7 Å². The van der Waals surface area contributed by atoms with Gasteiger partial charge >= 0.3 is 10.2 Å². The number of hydrogen-bond acceptors (Lipinski definition) is 4. The van der Waals surface area contributed by atoms with Gasteiger partial charge in [0.05, 0.1) is 5.52 Å². The van der Waals surface area contributed by atoms with Gasteiger partial charge in [0.25, 0.3) is 11.8 Å². The molecule has 0 atom stereocenters. The highest BCUT2D eigenvalue weighted by atomic mass is 32.2. The lowest BCUT2D eigenvalue weighted by molar-refractivity contribution is -0.119. The number of carbonyl (C=O) groups is 2. The van der Waals surface area contributed by atoms with E-state index < -0.39 is 27.6 Å². The molecule has 0 radical (unpaired) electrons. The average Bonchev–Trinajstić information content (AvgIpc) is 3.12. The van der Waals surface area contributed by atoms with E-state index >= 15 is 0 Å². The number of para-hydroxylation sites is 1. The smallest absolute Gasteiger partial charge is 0.307 e. The van der Waals surface area contributed by atoms with Gasteiger partial charge < -0.3 is 10.6 Å². The van der Waals surface area contributed by atoms with Crippen molar-refractivity contribution >= 4 is 39.0 Å². The number of fused-ring (bicyclic) bond motifs is 1. The molecule has 0 aliphatic rings. The quantitative estimate of drug-likeness (QED) is 0.543. The van der Waals surface area contributed by atoms with Crippen molar-refractivity contribution in [3.63, 3.8) is 0 Å². The van der Waals surface area contributed by atoms with Crippen LogP contribution in [-0.2, 0) is 15.0 Å². The fourth-order valence-corrected chi connectivity index (χ4v) is 4.17. The van der Waals surface area contributed by atoms with Gasteiger partial charge in [-0.05, 0) is 45.0 Å². The first kappa shape index (κ1) is 24.2. The van der Waals surface area contributed by atoms with Crippen molar-refractivity contribution in [2.75, 3.05) is 14.1 Å². The largest absolute Gasteiger partial charge is 0.346 e. The van der Waals surface area contributed by atoms with Gasteiger partial charge in [-0.25, -0.2) is 3.97 Å². The Labute approximate surface area is 194 Å². The number of rotatable bonds is 6. The Bertz CT molecular complexity index is 1320. The molecule has 0 unspecified atom stereocenters. The molecule has 3 rings (SSSR count). The van der Waals surface area contributed by atoms with E-state index in [0.717, 1.165) is 8.28 Å². The first-order chi connectivity index (χ1) is 15.4. The SMILES string of the molecule is CN(C)S(=O)(=O)n1cc(C=C(NC(=O)c2ccccc2)C(=O)NC(C)(C)C)c2ccccc21. The predicted molar refractivity (Wildman–Crippen MR) is 130 cm³/mol. The molecule has 0 aliphatic carbocycles. The summed E-state index contributed by atoms with van der Waals surface area (Å²) in [5, 5.41) is 6.15. The van der Waals surface area contributed by atoms with E-state index in [0.29, 0.717) is 22.0 Å².